The molecule has 0 atom stereocenters. The number of aryl methyl sites for hydroxylation is 1. The van der Waals surface area contributed by atoms with E-state index in [1.807, 2.05) is 0 Å². The topological polar surface area (TPSA) is 69.4 Å². The summed E-state index contributed by atoms with van der Waals surface area (Å²) in [4.78, 5) is 4.17. The molecule has 0 aliphatic rings. The first-order chi connectivity index (χ1) is 10.6. The van der Waals surface area contributed by atoms with Gasteiger partial charge in [-0.15, -0.1) is 0 Å². The van der Waals surface area contributed by atoms with E-state index < -0.39 is 21.9 Å². The van der Waals surface area contributed by atoms with E-state index in [1.54, 1.807) is 6.92 Å². The van der Waals surface area contributed by atoms with Gasteiger partial charge in [-0.3, -0.25) is 4.18 Å². The lowest BCUT2D eigenvalue weighted by Gasteiger charge is -2.06. The van der Waals surface area contributed by atoms with Gasteiger partial charge in [0.1, 0.15) is 5.76 Å². The van der Waals surface area contributed by atoms with Gasteiger partial charge in [0.2, 0.25) is 5.89 Å². The molecule has 0 aliphatic carbocycles. The molecule has 23 heavy (non-hydrogen) atoms. The van der Waals surface area contributed by atoms with Crippen molar-refractivity contribution < 1.29 is 30.2 Å². The Hall–Kier alpha value is -1.87. The second kappa shape index (κ2) is 6.32. The van der Waals surface area contributed by atoms with Crippen molar-refractivity contribution in [2.45, 2.75) is 19.5 Å². The molecule has 0 fully saturated rings. The maximum Gasteiger partial charge on any atom is 0.416 e. The minimum absolute atomic E-state index is 0.0847. The maximum atomic E-state index is 12.5. The zero-order valence-electron chi connectivity index (χ0n) is 12.3. The monoisotopic (exact) mass is 349 g/mol. The molecule has 126 valence electrons. The number of nitrogens with zero attached hydrogens (tertiary/aromatic N) is 1. The van der Waals surface area contributed by atoms with Crippen LogP contribution in [0.15, 0.2) is 28.7 Å². The highest BCUT2D eigenvalue weighted by Gasteiger charge is 2.30. The fraction of sp³-hybridized carbons (Fsp3) is 0.357. The van der Waals surface area contributed by atoms with Crippen LogP contribution in [0, 0.1) is 6.92 Å². The average Bonchev–Trinajstić information content (AvgIpc) is 2.78. The molecule has 2 rings (SSSR count). The molecule has 0 aliphatic heterocycles. The average molecular weight is 349 g/mol. The van der Waals surface area contributed by atoms with Gasteiger partial charge in [-0.2, -0.15) is 21.6 Å². The van der Waals surface area contributed by atoms with Crippen LogP contribution < -0.4 is 0 Å². The number of halogens is 3. The first-order valence-electron chi connectivity index (χ1n) is 6.54. The second-order valence-corrected chi connectivity index (χ2v) is 6.52. The molecule has 1 heterocycles. The molecule has 9 heteroatoms. The van der Waals surface area contributed by atoms with Crippen molar-refractivity contribution in [1.29, 1.82) is 0 Å². The van der Waals surface area contributed by atoms with Crippen LogP contribution in [-0.4, -0.2) is 26.3 Å². The van der Waals surface area contributed by atoms with Gasteiger partial charge in [0.05, 0.1) is 24.1 Å². The highest BCUT2D eigenvalue weighted by Crippen LogP contribution is 2.31. The first kappa shape index (κ1) is 17.5. The van der Waals surface area contributed by atoms with E-state index in [1.165, 1.54) is 12.1 Å². The van der Waals surface area contributed by atoms with E-state index in [0.717, 1.165) is 18.4 Å². The largest absolute Gasteiger partial charge is 0.441 e. The fourth-order valence-electron chi connectivity index (χ4n) is 1.87. The minimum atomic E-state index is -4.40. The number of hydrogen-bond donors (Lipinski definition) is 0. The van der Waals surface area contributed by atoms with Crippen LogP contribution in [0.1, 0.15) is 17.0 Å². The van der Waals surface area contributed by atoms with Gasteiger partial charge in [-0.05, 0) is 31.2 Å². The predicted octanol–water partition coefficient (Wildman–Crippen LogP) is 3.19. The van der Waals surface area contributed by atoms with Crippen molar-refractivity contribution in [3.05, 3.63) is 41.3 Å². The van der Waals surface area contributed by atoms with Crippen molar-refractivity contribution in [3.63, 3.8) is 0 Å². The van der Waals surface area contributed by atoms with Crippen LogP contribution >= 0.6 is 0 Å². The third kappa shape index (κ3) is 4.80. The van der Waals surface area contributed by atoms with Crippen LogP contribution in [0.3, 0.4) is 0 Å². The summed E-state index contributed by atoms with van der Waals surface area (Å²) in [6, 6.07) is 4.43. The molecule has 0 radical (unpaired) electrons. The Morgan fingerprint density at radius 3 is 2.35 bits per heavy atom. The molecular formula is C14H14F3NO4S. The Labute approximate surface area is 131 Å². The van der Waals surface area contributed by atoms with Gasteiger partial charge >= 0.3 is 6.18 Å². The van der Waals surface area contributed by atoms with Crippen molar-refractivity contribution >= 4 is 10.1 Å². The lowest BCUT2D eigenvalue weighted by atomic mass is 10.1. The van der Waals surface area contributed by atoms with Gasteiger partial charge in [-0.25, -0.2) is 4.98 Å². The van der Waals surface area contributed by atoms with E-state index in [0.29, 0.717) is 17.0 Å². The number of benzene rings is 1. The Morgan fingerprint density at radius 1 is 1.22 bits per heavy atom. The lowest BCUT2D eigenvalue weighted by Crippen LogP contribution is -2.06. The SMILES string of the molecule is Cc1oc(-c2ccc(C(F)(F)F)cc2)nc1CCOS(C)(=O)=O. The van der Waals surface area contributed by atoms with Crippen molar-refractivity contribution in [2.75, 3.05) is 12.9 Å². The van der Waals surface area contributed by atoms with Gasteiger partial charge in [0, 0.05) is 12.0 Å². The fourth-order valence-corrected chi connectivity index (χ4v) is 2.26. The molecular weight excluding hydrogens is 335 g/mol. The summed E-state index contributed by atoms with van der Waals surface area (Å²) >= 11 is 0. The van der Waals surface area contributed by atoms with E-state index >= 15 is 0 Å². The summed E-state index contributed by atoms with van der Waals surface area (Å²) in [5, 5.41) is 0. The molecule has 0 bridgehead atoms. The van der Waals surface area contributed by atoms with Crippen LogP contribution in [0.25, 0.3) is 11.5 Å². The summed E-state index contributed by atoms with van der Waals surface area (Å²) in [6.45, 7) is 1.55. The normalized spacial score (nSPS) is 12.6. The number of alkyl halides is 3. The van der Waals surface area contributed by atoms with E-state index in [2.05, 4.69) is 9.17 Å². The Kier molecular flexibility index (Phi) is 4.81. The zero-order valence-corrected chi connectivity index (χ0v) is 13.2. The highest BCUT2D eigenvalue weighted by atomic mass is 32.2. The summed E-state index contributed by atoms with van der Waals surface area (Å²) in [5.74, 6) is 0.627. The van der Waals surface area contributed by atoms with Crippen molar-refractivity contribution in [3.8, 4) is 11.5 Å². The van der Waals surface area contributed by atoms with E-state index in [9.17, 15) is 21.6 Å². The van der Waals surface area contributed by atoms with Crippen molar-refractivity contribution in [2.24, 2.45) is 0 Å². The Bertz CT molecular complexity index is 779. The zero-order chi connectivity index (χ0) is 17.3. The third-order valence-corrected chi connectivity index (χ3v) is 3.58. The van der Waals surface area contributed by atoms with Crippen LogP contribution in [0.4, 0.5) is 13.2 Å². The first-order valence-corrected chi connectivity index (χ1v) is 8.36. The minimum Gasteiger partial charge on any atom is -0.441 e. The van der Waals surface area contributed by atoms with E-state index in [-0.39, 0.29) is 18.9 Å². The highest BCUT2D eigenvalue weighted by molar-refractivity contribution is 7.85. The lowest BCUT2D eigenvalue weighted by molar-refractivity contribution is -0.137. The van der Waals surface area contributed by atoms with Crippen LogP contribution in [0.5, 0.6) is 0 Å². The molecule has 0 spiro atoms. The number of rotatable bonds is 5. The molecule has 0 saturated heterocycles. The van der Waals surface area contributed by atoms with Gasteiger partial charge in [0.25, 0.3) is 10.1 Å². The molecule has 0 unspecified atom stereocenters. The number of oxazole rings is 1. The van der Waals surface area contributed by atoms with Crippen LogP contribution in [-0.2, 0) is 26.9 Å². The Morgan fingerprint density at radius 2 is 1.83 bits per heavy atom. The molecule has 1 aromatic heterocycles. The smallest absolute Gasteiger partial charge is 0.416 e. The third-order valence-electron chi connectivity index (χ3n) is 2.99. The molecule has 2 aromatic rings. The molecule has 0 saturated carbocycles. The van der Waals surface area contributed by atoms with E-state index in [4.69, 9.17) is 4.42 Å². The maximum absolute atomic E-state index is 12.5. The molecule has 0 N–H and O–H groups in total. The van der Waals surface area contributed by atoms with Gasteiger partial charge < -0.3 is 4.42 Å². The number of aromatic nitrogens is 1. The van der Waals surface area contributed by atoms with Crippen LogP contribution in [0.2, 0.25) is 0 Å². The Balaban J connectivity index is 2.14. The molecule has 5 nitrogen and oxygen atoms in total. The number of hydrogen-bond acceptors (Lipinski definition) is 5. The van der Waals surface area contributed by atoms with Gasteiger partial charge in [0.15, 0.2) is 0 Å². The molecule has 1 aromatic carbocycles. The molecule has 0 amide bonds. The predicted molar refractivity (Wildman–Crippen MR) is 76.2 cm³/mol. The summed E-state index contributed by atoms with van der Waals surface area (Å²) in [5.41, 5.74) is 0.131. The second-order valence-electron chi connectivity index (χ2n) is 4.87. The summed E-state index contributed by atoms with van der Waals surface area (Å²) < 4.78 is 69.4. The summed E-state index contributed by atoms with van der Waals surface area (Å²) in [7, 11) is -3.54. The summed E-state index contributed by atoms with van der Waals surface area (Å²) in [6.07, 6.45) is -3.25. The standard InChI is InChI=1S/C14H14F3NO4S/c1-9-12(7-8-21-23(2,19)20)18-13(22-9)10-3-5-11(6-4-10)14(15,16)17/h3-6H,7-8H2,1-2H3. The van der Waals surface area contributed by atoms with Gasteiger partial charge in [-0.1, -0.05) is 0 Å². The van der Waals surface area contributed by atoms with Crippen molar-refractivity contribution in [1.82, 2.24) is 4.98 Å². The quantitative estimate of drug-likeness (QED) is 0.776.